The van der Waals surface area contributed by atoms with E-state index >= 15 is 0 Å². The molecule has 0 saturated carbocycles. The number of nitrogens with one attached hydrogen (secondary N) is 1. The van der Waals surface area contributed by atoms with Crippen LogP contribution < -0.4 is 10.2 Å². The van der Waals surface area contributed by atoms with E-state index in [0.29, 0.717) is 17.6 Å². The van der Waals surface area contributed by atoms with Gasteiger partial charge in [-0.1, -0.05) is 0 Å². The number of piperazine rings is 1. The number of anilines is 1. The SMILES string of the molecule is Cc1cc(N2CC(C)NCC2C)c(Br)cc1[N+](=O)[O-]. The standard InChI is InChI=1S/C13H18BrN3O2/c1-8-4-13(11(14)5-12(8)17(18)19)16-7-9(2)15-6-10(16)3/h4-5,9-10,15H,6-7H2,1-3H3. The zero-order chi connectivity index (χ0) is 14.2. The highest BCUT2D eigenvalue weighted by Gasteiger charge is 2.25. The number of hydrogen-bond acceptors (Lipinski definition) is 4. The van der Waals surface area contributed by atoms with Crippen molar-refractivity contribution in [3.05, 3.63) is 32.3 Å². The largest absolute Gasteiger partial charge is 0.365 e. The van der Waals surface area contributed by atoms with Crippen LogP contribution in [0.3, 0.4) is 0 Å². The van der Waals surface area contributed by atoms with Crippen LogP contribution in [0.25, 0.3) is 0 Å². The summed E-state index contributed by atoms with van der Waals surface area (Å²) in [6.07, 6.45) is 0. The van der Waals surface area contributed by atoms with Gasteiger partial charge in [-0.25, -0.2) is 0 Å². The van der Waals surface area contributed by atoms with E-state index < -0.39 is 0 Å². The number of aryl methyl sites for hydroxylation is 1. The Balaban J connectivity index is 2.39. The minimum absolute atomic E-state index is 0.159. The third-order valence-corrected chi connectivity index (χ3v) is 4.17. The second-order valence-electron chi connectivity index (χ2n) is 5.16. The minimum atomic E-state index is -0.340. The van der Waals surface area contributed by atoms with Crippen LogP contribution in [0.2, 0.25) is 0 Å². The van der Waals surface area contributed by atoms with E-state index in [1.54, 1.807) is 13.0 Å². The van der Waals surface area contributed by atoms with Gasteiger partial charge in [-0.2, -0.15) is 0 Å². The van der Waals surface area contributed by atoms with Crippen LogP contribution in [0.15, 0.2) is 16.6 Å². The van der Waals surface area contributed by atoms with E-state index in [0.717, 1.165) is 23.2 Å². The molecule has 0 aromatic heterocycles. The number of hydrogen-bond donors (Lipinski definition) is 1. The zero-order valence-corrected chi connectivity index (χ0v) is 12.9. The van der Waals surface area contributed by atoms with Crippen LogP contribution in [0.1, 0.15) is 19.4 Å². The molecule has 0 amide bonds. The quantitative estimate of drug-likeness (QED) is 0.670. The number of nitro groups is 1. The van der Waals surface area contributed by atoms with Crippen molar-refractivity contribution in [1.82, 2.24) is 5.32 Å². The minimum Gasteiger partial charge on any atom is -0.365 e. The highest BCUT2D eigenvalue weighted by atomic mass is 79.9. The van der Waals surface area contributed by atoms with Crippen molar-refractivity contribution in [3.63, 3.8) is 0 Å². The Morgan fingerprint density at radius 1 is 1.47 bits per heavy atom. The second-order valence-corrected chi connectivity index (χ2v) is 6.01. The van der Waals surface area contributed by atoms with Crippen LogP contribution in [-0.2, 0) is 0 Å². The van der Waals surface area contributed by atoms with Crippen LogP contribution in [0.4, 0.5) is 11.4 Å². The van der Waals surface area contributed by atoms with E-state index in [-0.39, 0.29) is 10.6 Å². The Morgan fingerprint density at radius 2 is 2.16 bits per heavy atom. The highest BCUT2D eigenvalue weighted by molar-refractivity contribution is 9.10. The molecule has 1 N–H and O–H groups in total. The van der Waals surface area contributed by atoms with E-state index in [9.17, 15) is 10.1 Å². The number of halogens is 1. The van der Waals surface area contributed by atoms with Gasteiger partial charge >= 0.3 is 0 Å². The fourth-order valence-corrected chi connectivity index (χ4v) is 2.99. The maximum atomic E-state index is 10.9. The molecular formula is C13H18BrN3O2. The topological polar surface area (TPSA) is 58.4 Å². The smallest absolute Gasteiger partial charge is 0.273 e. The van der Waals surface area contributed by atoms with Crippen LogP contribution in [0, 0.1) is 17.0 Å². The molecule has 1 aromatic carbocycles. The predicted octanol–water partition coefficient (Wildman–Crippen LogP) is 2.85. The molecule has 1 saturated heterocycles. The van der Waals surface area contributed by atoms with Gasteiger partial charge in [0.1, 0.15) is 0 Å². The first kappa shape index (κ1) is 14.3. The molecule has 0 spiro atoms. The molecule has 1 fully saturated rings. The highest BCUT2D eigenvalue weighted by Crippen LogP contribution is 2.34. The molecule has 0 bridgehead atoms. The lowest BCUT2D eigenvalue weighted by Crippen LogP contribution is -2.54. The van der Waals surface area contributed by atoms with Gasteiger partial charge in [0.25, 0.3) is 5.69 Å². The van der Waals surface area contributed by atoms with Gasteiger partial charge in [-0.05, 0) is 42.8 Å². The molecule has 2 atom stereocenters. The summed E-state index contributed by atoms with van der Waals surface area (Å²) in [5.74, 6) is 0. The third-order valence-electron chi connectivity index (χ3n) is 3.54. The first-order valence-corrected chi connectivity index (χ1v) is 7.14. The number of benzene rings is 1. The summed E-state index contributed by atoms with van der Waals surface area (Å²) in [5, 5.41) is 14.4. The third kappa shape index (κ3) is 2.90. The summed E-state index contributed by atoms with van der Waals surface area (Å²) >= 11 is 3.47. The molecule has 5 nitrogen and oxygen atoms in total. The lowest BCUT2D eigenvalue weighted by molar-refractivity contribution is -0.385. The van der Waals surface area contributed by atoms with Crippen molar-refractivity contribution in [2.24, 2.45) is 0 Å². The first-order valence-electron chi connectivity index (χ1n) is 6.34. The summed E-state index contributed by atoms with van der Waals surface area (Å²) in [6, 6.07) is 4.29. The maximum absolute atomic E-state index is 10.9. The lowest BCUT2D eigenvalue weighted by atomic mass is 10.1. The summed E-state index contributed by atoms with van der Waals surface area (Å²) in [4.78, 5) is 12.9. The van der Waals surface area contributed by atoms with Gasteiger partial charge < -0.3 is 10.2 Å². The molecule has 1 aliphatic heterocycles. The first-order chi connectivity index (χ1) is 8.90. The molecule has 1 heterocycles. The Hall–Kier alpha value is -1.14. The normalized spacial score (nSPS) is 23.5. The molecule has 104 valence electrons. The van der Waals surface area contributed by atoms with Gasteiger partial charge in [0.2, 0.25) is 0 Å². The van der Waals surface area contributed by atoms with Gasteiger partial charge in [-0.3, -0.25) is 10.1 Å². The molecule has 2 rings (SSSR count). The predicted molar refractivity (Wildman–Crippen MR) is 79.8 cm³/mol. The second kappa shape index (κ2) is 5.46. The van der Waals surface area contributed by atoms with E-state index in [1.807, 2.05) is 6.07 Å². The number of nitrogens with zero attached hydrogens (tertiary/aromatic N) is 2. The maximum Gasteiger partial charge on any atom is 0.273 e. The Kier molecular flexibility index (Phi) is 4.10. The number of nitro benzene ring substituents is 1. The zero-order valence-electron chi connectivity index (χ0n) is 11.3. The van der Waals surface area contributed by atoms with Crippen molar-refractivity contribution in [2.75, 3.05) is 18.0 Å². The van der Waals surface area contributed by atoms with E-state index in [1.165, 1.54) is 0 Å². The Labute approximate surface area is 121 Å². The average molecular weight is 328 g/mol. The molecule has 6 heteroatoms. The van der Waals surface area contributed by atoms with Crippen LogP contribution in [-0.4, -0.2) is 30.1 Å². The van der Waals surface area contributed by atoms with Crippen LogP contribution >= 0.6 is 15.9 Å². The molecule has 1 aromatic rings. The summed E-state index contributed by atoms with van der Waals surface area (Å²) in [6.45, 7) is 7.90. The Morgan fingerprint density at radius 3 is 2.79 bits per heavy atom. The molecule has 0 radical (unpaired) electrons. The molecule has 2 unspecified atom stereocenters. The van der Waals surface area contributed by atoms with Crippen molar-refractivity contribution < 1.29 is 4.92 Å². The summed E-state index contributed by atoms with van der Waals surface area (Å²) in [7, 11) is 0. The van der Waals surface area contributed by atoms with Crippen molar-refractivity contribution in [3.8, 4) is 0 Å². The number of rotatable bonds is 2. The van der Waals surface area contributed by atoms with Gasteiger partial charge in [0.05, 0.1) is 10.6 Å². The van der Waals surface area contributed by atoms with Gasteiger partial charge in [-0.15, -0.1) is 0 Å². The fraction of sp³-hybridized carbons (Fsp3) is 0.538. The molecule has 19 heavy (non-hydrogen) atoms. The molecular weight excluding hydrogens is 310 g/mol. The summed E-state index contributed by atoms with van der Waals surface area (Å²) < 4.78 is 0.783. The van der Waals surface area contributed by atoms with Crippen LogP contribution in [0.5, 0.6) is 0 Å². The summed E-state index contributed by atoms with van der Waals surface area (Å²) in [5.41, 5.74) is 1.89. The van der Waals surface area contributed by atoms with E-state index in [2.05, 4.69) is 40.0 Å². The monoisotopic (exact) mass is 327 g/mol. The van der Waals surface area contributed by atoms with Crippen molar-refractivity contribution >= 4 is 27.3 Å². The molecule has 1 aliphatic rings. The Bertz CT molecular complexity index is 507. The average Bonchev–Trinajstić information content (AvgIpc) is 2.34. The molecule has 0 aliphatic carbocycles. The van der Waals surface area contributed by atoms with Crippen molar-refractivity contribution in [1.29, 1.82) is 0 Å². The fourth-order valence-electron chi connectivity index (χ4n) is 2.43. The van der Waals surface area contributed by atoms with Gasteiger partial charge in [0.15, 0.2) is 0 Å². The van der Waals surface area contributed by atoms with Gasteiger partial charge in [0, 0.05) is 41.3 Å². The van der Waals surface area contributed by atoms with Crippen molar-refractivity contribution in [2.45, 2.75) is 32.9 Å². The van der Waals surface area contributed by atoms with E-state index in [4.69, 9.17) is 0 Å². The lowest BCUT2D eigenvalue weighted by Gasteiger charge is -2.39.